The molecule has 0 unspecified atom stereocenters. The van der Waals surface area contributed by atoms with E-state index in [4.69, 9.17) is 0 Å². The van der Waals surface area contributed by atoms with Gasteiger partial charge in [-0.15, -0.1) is 0 Å². The molecule has 0 atom stereocenters. The number of rotatable bonds is 4. The van der Waals surface area contributed by atoms with Crippen molar-refractivity contribution in [1.82, 2.24) is 0 Å². The zero-order valence-electron chi connectivity index (χ0n) is 17.0. The van der Waals surface area contributed by atoms with Gasteiger partial charge in [-0.3, -0.25) is 0 Å². The monoisotopic (exact) mass is 338 g/mol. The summed E-state index contributed by atoms with van der Waals surface area (Å²) in [6.07, 6.45) is 3.26. The van der Waals surface area contributed by atoms with Crippen LogP contribution in [0.3, 0.4) is 0 Å². The maximum atomic E-state index is 10.1. The van der Waals surface area contributed by atoms with Crippen LogP contribution in [0, 0.1) is 6.92 Å². The summed E-state index contributed by atoms with van der Waals surface area (Å²) in [6.45, 7) is 15.5. The second-order valence-corrected chi connectivity index (χ2v) is 9.35. The van der Waals surface area contributed by atoms with Crippen LogP contribution in [0.4, 0.5) is 0 Å². The third kappa shape index (κ3) is 5.11. The van der Waals surface area contributed by atoms with E-state index in [0.29, 0.717) is 5.75 Å². The Morgan fingerprint density at radius 3 is 1.72 bits per heavy atom. The van der Waals surface area contributed by atoms with E-state index < -0.39 is 0 Å². The van der Waals surface area contributed by atoms with Crippen LogP contribution >= 0.6 is 0 Å². The Hall–Kier alpha value is -1.76. The van der Waals surface area contributed by atoms with Crippen molar-refractivity contribution in [3.63, 3.8) is 0 Å². The van der Waals surface area contributed by atoms with E-state index >= 15 is 0 Å². The average Bonchev–Trinajstić information content (AvgIpc) is 2.48. The predicted octanol–water partition coefficient (Wildman–Crippen LogP) is 6.47. The molecule has 25 heavy (non-hydrogen) atoms. The Kier molecular flexibility index (Phi) is 5.66. The van der Waals surface area contributed by atoms with Gasteiger partial charge in [0.1, 0.15) is 5.75 Å². The van der Waals surface area contributed by atoms with Crippen LogP contribution in [-0.2, 0) is 23.7 Å². The summed E-state index contributed by atoms with van der Waals surface area (Å²) in [5.74, 6) is 0.407. The number of hydrogen-bond donors (Lipinski definition) is 1. The smallest absolute Gasteiger partial charge is 0.119 e. The molecule has 0 fully saturated rings. The first-order valence-corrected chi connectivity index (χ1v) is 9.41. The van der Waals surface area contributed by atoms with E-state index in [1.807, 2.05) is 6.07 Å². The highest BCUT2D eigenvalue weighted by molar-refractivity contribution is 5.41. The van der Waals surface area contributed by atoms with Gasteiger partial charge in [0.25, 0.3) is 0 Å². The minimum atomic E-state index is -0.0291. The van der Waals surface area contributed by atoms with Gasteiger partial charge >= 0.3 is 0 Å². The highest BCUT2D eigenvalue weighted by Gasteiger charge is 2.18. The topological polar surface area (TPSA) is 20.2 Å². The molecule has 1 N–H and O–H groups in total. The standard InChI is InChI=1S/C24H34O/c1-17-11-12-18(15-20(17)23(2,3)4)9-8-10-19-13-14-22(25)21(16-19)24(5,6)7/h11-16,25H,8-10H2,1-7H3. The van der Waals surface area contributed by atoms with Gasteiger partial charge in [0.2, 0.25) is 0 Å². The van der Waals surface area contributed by atoms with Gasteiger partial charge in [0, 0.05) is 0 Å². The highest BCUT2D eigenvalue weighted by atomic mass is 16.3. The molecule has 0 aromatic heterocycles. The minimum absolute atomic E-state index is 0.0291. The SMILES string of the molecule is Cc1ccc(CCCc2ccc(O)c(C(C)(C)C)c2)cc1C(C)(C)C. The summed E-state index contributed by atoms with van der Waals surface area (Å²) in [5.41, 5.74) is 6.76. The number of phenols is 1. The lowest BCUT2D eigenvalue weighted by Crippen LogP contribution is -2.13. The molecule has 1 nitrogen and oxygen atoms in total. The molecule has 0 aliphatic heterocycles. The summed E-state index contributed by atoms with van der Waals surface area (Å²) in [4.78, 5) is 0. The molecule has 2 rings (SSSR count). The Balaban J connectivity index is 2.07. The summed E-state index contributed by atoms with van der Waals surface area (Å²) in [6, 6.07) is 13.0. The molecule has 0 aliphatic rings. The number of benzene rings is 2. The van der Waals surface area contributed by atoms with Crippen molar-refractivity contribution in [2.45, 2.75) is 78.6 Å². The van der Waals surface area contributed by atoms with Crippen LogP contribution in [0.2, 0.25) is 0 Å². The minimum Gasteiger partial charge on any atom is -0.508 e. The zero-order valence-corrected chi connectivity index (χ0v) is 17.0. The largest absolute Gasteiger partial charge is 0.508 e. The van der Waals surface area contributed by atoms with Crippen LogP contribution in [-0.4, -0.2) is 5.11 Å². The summed E-state index contributed by atoms with van der Waals surface area (Å²) < 4.78 is 0. The summed E-state index contributed by atoms with van der Waals surface area (Å²) in [5, 5.41) is 10.1. The van der Waals surface area contributed by atoms with Crippen LogP contribution in [0.5, 0.6) is 5.75 Å². The van der Waals surface area contributed by atoms with Crippen molar-refractivity contribution in [2.75, 3.05) is 0 Å². The first kappa shape index (κ1) is 19.6. The quantitative estimate of drug-likeness (QED) is 0.677. The molecule has 0 radical (unpaired) electrons. The Labute approximate surface area is 154 Å². The predicted molar refractivity (Wildman–Crippen MR) is 109 cm³/mol. The average molecular weight is 339 g/mol. The van der Waals surface area contributed by atoms with Gasteiger partial charge < -0.3 is 5.11 Å². The van der Waals surface area contributed by atoms with Gasteiger partial charge in [-0.1, -0.05) is 71.9 Å². The van der Waals surface area contributed by atoms with Crippen molar-refractivity contribution in [3.8, 4) is 5.75 Å². The summed E-state index contributed by atoms with van der Waals surface area (Å²) >= 11 is 0. The maximum Gasteiger partial charge on any atom is 0.119 e. The normalized spacial score (nSPS) is 12.4. The van der Waals surface area contributed by atoms with Gasteiger partial charge in [-0.2, -0.15) is 0 Å². The molecule has 0 saturated carbocycles. The highest BCUT2D eigenvalue weighted by Crippen LogP contribution is 2.32. The second kappa shape index (κ2) is 7.23. The van der Waals surface area contributed by atoms with Crippen LogP contribution < -0.4 is 0 Å². The maximum absolute atomic E-state index is 10.1. The van der Waals surface area contributed by atoms with Gasteiger partial charge in [0.15, 0.2) is 0 Å². The summed E-state index contributed by atoms with van der Waals surface area (Å²) in [7, 11) is 0. The molecule has 0 heterocycles. The van der Waals surface area contributed by atoms with Gasteiger partial charge in [-0.05, 0) is 70.9 Å². The molecule has 136 valence electrons. The fraction of sp³-hybridized carbons (Fsp3) is 0.500. The number of aromatic hydroxyl groups is 1. The number of phenolic OH excluding ortho intramolecular Hbond substituents is 1. The van der Waals surface area contributed by atoms with Crippen molar-refractivity contribution in [2.24, 2.45) is 0 Å². The zero-order chi connectivity index (χ0) is 18.8. The van der Waals surface area contributed by atoms with E-state index in [2.05, 4.69) is 78.8 Å². The molecule has 2 aromatic carbocycles. The van der Waals surface area contributed by atoms with E-state index in [-0.39, 0.29) is 10.8 Å². The van der Waals surface area contributed by atoms with Gasteiger partial charge in [0.05, 0.1) is 0 Å². The molecule has 0 spiro atoms. The number of hydrogen-bond acceptors (Lipinski definition) is 1. The van der Waals surface area contributed by atoms with Crippen LogP contribution in [0.1, 0.15) is 75.8 Å². The molecule has 2 aromatic rings. The Bertz CT molecular complexity index is 663. The second-order valence-electron chi connectivity index (χ2n) is 9.35. The molecule has 1 heteroatoms. The lowest BCUT2D eigenvalue weighted by Gasteiger charge is -2.23. The van der Waals surface area contributed by atoms with E-state index in [0.717, 1.165) is 24.8 Å². The van der Waals surface area contributed by atoms with Crippen LogP contribution in [0.15, 0.2) is 36.4 Å². The van der Waals surface area contributed by atoms with E-state index in [1.54, 1.807) is 0 Å². The number of aryl methyl sites for hydroxylation is 3. The van der Waals surface area contributed by atoms with E-state index in [1.165, 1.54) is 22.3 Å². The van der Waals surface area contributed by atoms with E-state index in [9.17, 15) is 5.11 Å². The van der Waals surface area contributed by atoms with Crippen molar-refractivity contribution >= 4 is 0 Å². The molecular formula is C24H34O. The Morgan fingerprint density at radius 1 is 0.720 bits per heavy atom. The van der Waals surface area contributed by atoms with Crippen LogP contribution in [0.25, 0.3) is 0 Å². The third-order valence-electron chi connectivity index (χ3n) is 4.91. The van der Waals surface area contributed by atoms with Crippen molar-refractivity contribution in [3.05, 3.63) is 64.2 Å². The Morgan fingerprint density at radius 2 is 1.20 bits per heavy atom. The third-order valence-corrected chi connectivity index (χ3v) is 4.91. The molecular weight excluding hydrogens is 304 g/mol. The fourth-order valence-electron chi connectivity index (χ4n) is 3.47. The van der Waals surface area contributed by atoms with Crippen molar-refractivity contribution in [1.29, 1.82) is 0 Å². The lowest BCUT2D eigenvalue weighted by atomic mass is 9.82. The van der Waals surface area contributed by atoms with Crippen molar-refractivity contribution < 1.29 is 5.11 Å². The fourth-order valence-corrected chi connectivity index (χ4v) is 3.47. The van der Waals surface area contributed by atoms with Gasteiger partial charge in [-0.25, -0.2) is 0 Å². The lowest BCUT2D eigenvalue weighted by molar-refractivity contribution is 0.446. The molecule has 0 saturated heterocycles. The first-order valence-electron chi connectivity index (χ1n) is 9.41. The first-order chi connectivity index (χ1) is 11.5. The molecule has 0 amide bonds. The molecule has 0 bridgehead atoms. The molecule has 0 aliphatic carbocycles.